The van der Waals surface area contributed by atoms with Gasteiger partial charge in [0.05, 0.1) is 17.0 Å². The van der Waals surface area contributed by atoms with Crippen molar-refractivity contribution in [2.45, 2.75) is 51.6 Å². The van der Waals surface area contributed by atoms with Crippen molar-refractivity contribution in [3.63, 3.8) is 0 Å². The van der Waals surface area contributed by atoms with Crippen LogP contribution < -0.4 is 20.1 Å². The molecule has 9 heteroatoms. The molecule has 1 aromatic heterocycles. The van der Waals surface area contributed by atoms with Gasteiger partial charge in [-0.3, -0.25) is 14.4 Å². The van der Waals surface area contributed by atoms with E-state index in [1.807, 2.05) is 80.6 Å². The van der Waals surface area contributed by atoms with E-state index in [2.05, 4.69) is 10.6 Å². The van der Waals surface area contributed by atoms with Crippen molar-refractivity contribution in [1.82, 2.24) is 20.4 Å². The van der Waals surface area contributed by atoms with Crippen LogP contribution in [-0.2, 0) is 20.8 Å². The molecule has 45 heavy (non-hydrogen) atoms. The third-order valence-electron chi connectivity index (χ3n) is 7.32. The Morgan fingerprint density at radius 2 is 1.80 bits per heavy atom. The highest BCUT2D eigenvalue weighted by Gasteiger charge is 2.32. The quantitative estimate of drug-likeness (QED) is 0.235. The minimum Gasteiger partial charge on any atom is -0.490 e. The van der Waals surface area contributed by atoms with E-state index in [1.165, 1.54) is 0 Å². The van der Waals surface area contributed by atoms with Gasteiger partial charge in [-0.15, -0.1) is 0 Å². The molecule has 1 unspecified atom stereocenters. The number of rotatable bonds is 5. The number of amides is 2. The van der Waals surface area contributed by atoms with E-state index in [-0.39, 0.29) is 12.5 Å². The summed E-state index contributed by atoms with van der Waals surface area (Å²) < 4.78 is 13.4. The van der Waals surface area contributed by atoms with Crippen molar-refractivity contribution in [3.05, 3.63) is 108 Å². The van der Waals surface area contributed by atoms with Gasteiger partial charge in [-0.2, -0.15) is 5.10 Å². The lowest BCUT2D eigenvalue weighted by molar-refractivity contribution is -0.139. The van der Waals surface area contributed by atoms with Crippen LogP contribution in [0.4, 0.5) is 0 Å². The molecule has 232 valence electrons. The Morgan fingerprint density at radius 3 is 2.51 bits per heavy atom. The molecule has 2 N–H and O–H groups in total. The topological polar surface area (TPSA) is 112 Å². The van der Waals surface area contributed by atoms with Crippen molar-refractivity contribution in [3.8, 4) is 22.8 Å². The van der Waals surface area contributed by atoms with Crippen molar-refractivity contribution in [2.75, 3.05) is 13.2 Å². The fourth-order valence-electron chi connectivity index (χ4n) is 4.82. The highest BCUT2D eigenvalue weighted by atomic mass is 16.5. The largest absolute Gasteiger partial charge is 0.490 e. The van der Waals surface area contributed by atoms with Crippen molar-refractivity contribution in [2.24, 2.45) is 0 Å². The number of Topliss-reactive ketones (excluding diaryl/α,β-unsaturated/α-hetero) is 1. The van der Waals surface area contributed by atoms with Gasteiger partial charge in [-0.25, -0.2) is 4.68 Å². The van der Waals surface area contributed by atoms with E-state index in [0.29, 0.717) is 48.1 Å². The number of nitrogens with zero attached hydrogens (tertiary/aromatic N) is 2. The zero-order chi connectivity index (χ0) is 31.6. The molecule has 6 bridgehead atoms. The number of hydrogen-bond donors (Lipinski definition) is 2. The summed E-state index contributed by atoms with van der Waals surface area (Å²) in [7, 11) is 0. The minimum atomic E-state index is -1.09. The number of benzene rings is 2. The molecule has 2 aliphatic heterocycles. The molecule has 3 aliphatic rings. The number of hydrogen-bond acceptors (Lipinski definition) is 6. The zero-order valence-corrected chi connectivity index (χ0v) is 25.6. The maximum atomic E-state index is 14.0. The summed E-state index contributed by atoms with van der Waals surface area (Å²) in [6, 6.07) is 15.7. The van der Waals surface area contributed by atoms with Crippen LogP contribution in [0.3, 0.4) is 0 Å². The van der Waals surface area contributed by atoms with Crippen LogP contribution in [0, 0.1) is 0 Å². The number of nitrogens with one attached hydrogen (secondary N) is 2. The average molecular weight is 607 g/mol. The SMILES string of the molecule is C\C=C/C=C1/C(=O)NC(C(=O)C(=O)NC2CC2)Cc2ccc(cc2)OC/C=C/COc2cccc(c2)-c2ccn(n2)/C1=C\CC. The molecule has 1 fully saturated rings. The molecule has 1 aliphatic carbocycles. The number of ether oxygens (including phenoxy) is 2. The standard InChI is InChI=1S/C36H38N4O5/c1-3-5-12-30-33(9-4-2)40-20-19-31(39-40)26-10-8-11-29(24-26)45-22-7-6-21-44-28-17-13-25(14-18-28)23-32(38-35(30)42)34(41)36(43)37-27-15-16-27/h3,5-14,17-20,24,27,32H,4,15-16,21-23H2,1-2H3,(H,37,43)(H,38,42)/b5-3-,7-6+,30-12+,33-9-. The first-order valence-corrected chi connectivity index (χ1v) is 15.3. The molecular formula is C36H38N4O5. The second-order valence-corrected chi connectivity index (χ2v) is 10.9. The molecule has 2 amide bonds. The predicted molar refractivity (Wildman–Crippen MR) is 174 cm³/mol. The van der Waals surface area contributed by atoms with Crippen molar-refractivity contribution >= 4 is 23.3 Å². The molecular weight excluding hydrogens is 568 g/mol. The Kier molecular flexibility index (Phi) is 10.4. The van der Waals surface area contributed by atoms with E-state index in [1.54, 1.807) is 35.2 Å². The van der Waals surface area contributed by atoms with Gasteiger partial charge in [-0.1, -0.05) is 49.4 Å². The molecule has 1 atom stereocenters. The number of ketones is 1. The first kappa shape index (κ1) is 31.3. The van der Waals surface area contributed by atoms with Gasteiger partial charge in [0.1, 0.15) is 30.8 Å². The number of allylic oxidation sites excluding steroid dienone is 4. The Hall–Kier alpha value is -5.18. The fourth-order valence-corrected chi connectivity index (χ4v) is 4.82. The van der Waals surface area contributed by atoms with E-state index in [4.69, 9.17) is 14.6 Å². The highest BCUT2D eigenvalue weighted by Crippen LogP contribution is 2.26. The van der Waals surface area contributed by atoms with Crippen LogP contribution in [0.1, 0.15) is 38.7 Å². The van der Waals surface area contributed by atoms with Crippen LogP contribution in [0.25, 0.3) is 17.0 Å². The first-order valence-electron chi connectivity index (χ1n) is 15.3. The van der Waals surface area contributed by atoms with Gasteiger partial charge in [0.2, 0.25) is 5.78 Å². The minimum absolute atomic E-state index is 0.00845. The summed E-state index contributed by atoms with van der Waals surface area (Å²) in [4.78, 5) is 40.3. The maximum absolute atomic E-state index is 14.0. The fraction of sp³-hybridized carbons (Fsp3) is 0.278. The average Bonchev–Trinajstić information content (AvgIpc) is 3.73. The van der Waals surface area contributed by atoms with Crippen LogP contribution in [-0.4, -0.2) is 52.7 Å². The number of aromatic nitrogens is 2. The summed E-state index contributed by atoms with van der Waals surface area (Å²) >= 11 is 0. The third-order valence-corrected chi connectivity index (χ3v) is 7.32. The van der Waals surface area contributed by atoms with E-state index in [0.717, 1.165) is 24.0 Å². The van der Waals surface area contributed by atoms with Gasteiger partial charge >= 0.3 is 0 Å². The van der Waals surface area contributed by atoms with Crippen LogP contribution in [0.2, 0.25) is 0 Å². The van der Waals surface area contributed by atoms with E-state index >= 15 is 0 Å². The van der Waals surface area contributed by atoms with Crippen molar-refractivity contribution < 1.29 is 23.9 Å². The second-order valence-electron chi connectivity index (χ2n) is 10.9. The number of carbonyl (C=O) groups is 3. The molecule has 0 saturated heterocycles. The lowest BCUT2D eigenvalue weighted by Gasteiger charge is -2.20. The Labute approximate surface area is 263 Å². The molecule has 1 saturated carbocycles. The van der Waals surface area contributed by atoms with Gasteiger partial charge in [-0.05, 0) is 80.3 Å². The van der Waals surface area contributed by atoms with Crippen LogP contribution in [0.5, 0.6) is 11.5 Å². The normalized spacial score (nSPS) is 20.0. The summed E-state index contributed by atoms with van der Waals surface area (Å²) in [5.41, 5.74) is 3.18. The summed E-state index contributed by atoms with van der Waals surface area (Å²) in [5.74, 6) is -0.524. The van der Waals surface area contributed by atoms with Gasteiger partial charge < -0.3 is 20.1 Å². The Morgan fingerprint density at radius 1 is 1.04 bits per heavy atom. The van der Waals surface area contributed by atoms with E-state index < -0.39 is 23.6 Å². The van der Waals surface area contributed by atoms with Gasteiger partial charge in [0.15, 0.2) is 0 Å². The summed E-state index contributed by atoms with van der Waals surface area (Å²) in [5, 5.41) is 10.4. The van der Waals surface area contributed by atoms with E-state index in [9.17, 15) is 14.4 Å². The van der Waals surface area contributed by atoms with Crippen molar-refractivity contribution in [1.29, 1.82) is 0 Å². The maximum Gasteiger partial charge on any atom is 0.289 e. The van der Waals surface area contributed by atoms with Gasteiger partial charge in [0.25, 0.3) is 11.8 Å². The second kappa shape index (κ2) is 15.0. The molecule has 0 radical (unpaired) electrons. The molecule has 6 rings (SSSR count). The van der Waals surface area contributed by atoms with Gasteiger partial charge in [0, 0.05) is 24.2 Å². The molecule has 3 heterocycles. The lowest BCUT2D eigenvalue weighted by atomic mass is 10.0. The van der Waals surface area contributed by atoms with Crippen LogP contribution in [0.15, 0.2) is 103 Å². The lowest BCUT2D eigenvalue weighted by Crippen LogP contribution is -2.49. The van der Waals surface area contributed by atoms with Crippen LogP contribution >= 0.6 is 0 Å². The molecule has 2 aromatic carbocycles. The zero-order valence-electron chi connectivity index (χ0n) is 25.6. The third kappa shape index (κ3) is 8.47. The number of fused-ring (bicyclic) bond motifs is 11. The first-order chi connectivity index (χ1) is 21.9. The Bertz CT molecular complexity index is 1640. The summed E-state index contributed by atoms with van der Waals surface area (Å²) in [6.45, 7) is 4.56. The predicted octanol–water partition coefficient (Wildman–Crippen LogP) is 5.21. The smallest absolute Gasteiger partial charge is 0.289 e. The molecule has 9 nitrogen and oxygen atoms in total. The highest BCUT2D eigenvalue weighted by molar-refractivity contribution is 6.38. The monoisotopic (exact) mass is 606 g/mol. The number of carbonyl (C=O) groups excluding carboxylic acids is 3. The molecule has 3 aromatic rings. The molecule has 0 spiro atoms. The summed E-state index contributed by atoms with van der Waals surface area (Å²) in [6.07, 6.45) is 15.2. The Balaban J connectivity index is 1.53.